The molecule has 1 rings (SSSR count). The minimum atomic E-state index is -1.93. The van der Waals surface area contributed by atoms with Gasteiger partial charge in [-0.25, -0.2) is 4.79 Å². The molecule has 7 nitrogen and oxygen atoms in total. The van der Waals surface area contributed by atoms with Crippen molar-refractivity contribution in [2.24, 2.45) is 5.73 Å². The van der Waals surface area contributed by atoms with Crippen molar-refractivity contribution in [2.75, 3.05) is 5.75 Å². The van der Waals surface area contributed by atoms with Gasteiger partial charge in [-0.1, -0.05) is 0 Å². The standard InChI is InChI=1S/C8H12N2O5S.ClH/c1-3(9)5(11)8(7(14)15)10-4(2-16-8)6(12)13;/h3-4,10H,2,9H2,1H3,(H,12,13)(H,14,15);1H/t3-,4?,8?;/m1./s1. The van der Waals surface area contributed by atoms with Gasteiger partial charge in [0.15, 0.2) is 5.78 Å². The lowest BCUT2D eigenvalue weighted by Gasteiger charge is -2.24. The van der Waals surface area contributed by atoms with Crippen LogP contribution in [0.4, 0.5) is 0 Å². The second kappa shape index (κ2) is 5.67. The van der Waals surface area contributed by atoms with Gasteiger partial charge in [-0.3, -0.25) is 14.9 Å². The van der Waals surface area contributed by atoms with Gasteiger partial charge in [0.2, 0.25) is 4.87 Å². The zero-order valence-electron chi connectivity index (χ0n) is 8.87. The molecule has 0 radical (unpaired) electrons. The molecule has 1 aliphatic rings. The number of hydrogen-bond donors (Lipinski definition) is 4. The summed E-state index contributed by atoms with van der Waals surface area (Å²) < 4.78 is 0. The van der Waals surface area contributed by atoms with Crippen molar-refractivity contribution in [1.82, 2.24) is 5.32 Å². The van der Waals surface area contributed by atoms with E-state index in [-0.39, 0.29) is 18.2 Å². The Bertz CT molecular complexity index is 351. The average molecular weight is 285 g/mol. The molecule has 1 saturated heterocycles. The van der Waals surface area contributed by atoms with Crippen molar-refractivity contribution < 1.29 is 24.6 Å². The van der Waals surface area contributed by atoms with Gasteiger partial charge in [0, 0.05) is 5.75 Å². The predicted octanol–water partition coefficient (Wildman–Crippen LogP) is -1.10. The van der Waals surface area contributed by atoms with E-state index >= 15 is 0 Å². The SMILES string of the molecule is C[C@@H](N)C(=O)C1(C(=O)O)NC(C(=O)O)CS1.Cl. The second-order valence-corrected chi connectivity index (χ2v) is 4.72. The second-order valence-electron chi connectivity index (χ2n) is 3.49. The zero-order chi connectivity index (χ0) is 12.5. The first-order chi connectivity index (χ1) is 7.31. The first kappa shape index (κ1) is 16.2. The fourth-order valence-electron chi connectivity index (χ4n) is 1.36. The molecule has 1 heterocycles. The van der Waals surface area contributed by atoms with Crippen LogP contribution in [-0.2, 0) is 14.4 Å². The van der Waals surface area contributed by atoms with Crippen LogP contribution in [0.25, 0.3) is 0 Å². The fraction of sp³-hybridized carbons (Fsp3) is 0.625. The predicted molar refractivity (Wildman–Crippen MR) is 63.3 cm³/mol. The number of nitrogens with one attached hydrogen (secondary N) is 1. The number of ketones is 1. The Morgan fingerprint density at radius 2 is 2.00 bits per heavy atom. The molecule has 1 fully saturated rings. The van der Waals surface area contributed by atoms with E-state index in [1.54, 1.807) is 0 Å². The maximum absolute atomic E-state index is 11.7. The molecule has 2 unspecified atom stereocenters. The van der Waals surface area contributed by atoms with E-state index in [2.05, 4.69) is 5.32 Å². The van der Waals surface area contributed by atoms with Gasteiger partial charge < -0.3 is 15.9 Å². The van der Waals surface area contributed by atoms with Crippen LogP contribution < -0.4 is 11.1 Å². The smallest absolute Gasteiger partial charge is 0.342 e. The molecule has 0 amide bonds. The molecular weight excluding hydrogens is 272 g/mol. The monoisotopic (exact) mass is 284 g/mol. The third kappa shape index (κ3) is 2.89. The Morgan fingerprint density at radius 3 is 2.29 bits per heavy atom. The van der Waals surface area contributed by atoms with Crippen molar-refractivity contribution >= 4 is 41.9 Å². The van der Waals surface area contributed by atoms with Gasteiger partial charge in [-0.2, -0.15) is 0 Å². The summed E-state index contributed by atoms with van der Waals surface area (Å²) in [7, 11) is 0. The minimum absolute atomic E-state index is 0. The van der Waals surface area contributed by atoms with Crippen LogP contribution in [0.1, 0.15) is 6.92 Å². The number of Topliss-reactive ketones (excluding diaryl/α,β-unsaturated/α-hetero) is 1. The van der Waals surface area contributed by atoms with Gasteiger partial charge in [0.1, 0.15) is 6.04 Å². The van der Waals surface area contributed by atoms with Crippen molar-refractivity contribution in [3.05, 3.63) is 0 Å². The van der Waals surface area contributed by atoms with Crippen molar-refractivity contribution in [2.45, 2.75) is 23.9 Å². The Balaban J connectivity index is 0.00000256. The number of carboxylic acid groups (broad SMARTS) is 2. The van der Waals surface area contributed by atoms with E-state index in [0.29, 0.717) is 0 Å². The van der Waals surface area contributed by atoms with E-state index in [1.165, 1.54) is 6.92 Å². The summed E-state index contributed by atoms with van der Waals surface area (Å²) in [6.45, 7) is 1.36. The molecule has 0 aromatic heterocycles. The zero-order valence-corrected chi connectivity index (χ0v) is 10.5. The number of nitrogens with two attached hydrogens (primary N) is 1. The summed E-state index contributed by atoms with van der Waals surface area (Å²) in [5, 5.41) is 20.1. The molecule has 98 valence electrons. The van der Waals surface area contributed by atoms with Gasteiger partial charge in [-0.15, -0.1) is 24.2 Å². The Kier molecular flexibility index (Phi) is 5.40. The van der Waals surface area contributed by atoms with Gasteiger partial charge >= 0.3 is 11.9 Å². The largest absolute Gasteiger partial charge is 0.480 e. The van der Waals surface area contributed by atoms with E-state index in [9.17, 15) is 14.4 Å². The van der Waals surface area contributed by atoms with Crippen LogP contribution in [0.3, 0.4) is 0 Å². The normalized spacial score (nSPS) is 29.2. The number of halogens is 1. The van der Waals surface area contributed by atoms with Gasteiger partial charge in [0.05, 0.1) is 6.04 Å². The molecule has 17 heavy (non-hydrogen) atoms. The number of thioether (sulfide) groups is 1. The van der Waals surface area contributed by atoms with Gasteiger partial charge in [0.25, 0.3) is 0 Å². The molecule has 3 atom stereocenters. The number of rotatable bonds is 4. The fourth-order valence-corrected chi connectivity index (χ4v) is 2.68. The molecule has 0 bridgehead atoms. The van der Waals surface area contributed by atoms with Gasteiger partial charge in [-0.05, 0) is 6.92 Å². The highest BCUT2D eigenvalue weighted by atomic mass is 35.5. The van der Waals surface area contributed by atoms with E-state index in [4.69, 9.17) is 15.9 Å². The summed E-state index contributed by atoms with van der Waals surface area (Å²) in [4.78, 5) is 31.5. The lowest BCUT2D eigenvalue weighted by Crippen LogP contribution is -2.59. The maximum Gasteiger partial charge on any atom is 0.342 e. The molecule has 5 N–H and O–H groups in total. The van der Waals surface area contributed by atoms with E-state index in [0.717, 1.165) is 11.8 Å². The van der Waals surface area contributed by atoms with E-state index in [1.807, 2.05) is 0 Å². The first-order valence-electron chi connectivity index (χ1n) is 4.49. The van der Waals surface area contributed by atoms with Crippen LogP contribution >= 0.6 is 24.2 Å². The third-order valence-corrected chi connectivity index (χ3v) is 3.63. The minimum Gasteiger partial charge on any atom is -0.480 e. The third-order valence-electron chi connectivity index (χ3n) is 2.20. The van der Waals surface area contributed by atoms with Crippen molar-refractivity contribution in [3.8, 4) is 0 Å². The van der Waals surface area contributed by atoms with Crippen LogP contribution in [0.5, 0.6) is 0 Å². The average Bonchev–Trinajstić information content (AvgIpc) is 2.62. The van der Waals surface area contributed by atoms with Crippen molar-refractivity contribution in [3.63, 3.8) is 0 Å². The first-order valence-corrected chi connectivity index (χ1v) is 5.47. The summed E-state index contributed by atoms with van der Waals surface area (Å²) in [5.74, 6) is -3.31. The van der Waals surface area contributed by atoms with Crippen molar-refractivity contribution in [1.29, 1.82) is 0 Å². The number of hydrogen-bond acceptors (Lipinski definition) is 6. The van der Waals surface area contributed by atoms with Crippen LogP contribution in [0.15, 0.2) is 0 Å². The summed E-state index contributed by atoms with van der Waals surface area (Å²) in [6, 6.07) is -2.02. The molecule has 9 heteroatoms. The summed E-state index contributed by atoms with van der Waals surface area (Å²) >= 11 is 0.750. The van der Waals surface area contributed by atoms with Crippen LogP contribution in [0.2, 0.25) is 0 Å². The Morgan fingerprint density at radius 1 is 1.47 bits per heavy atom. The molecule has 0 saturated carbocycles. The molecular formula is C8H13ClN2O5S. The number of carbonyl (C=O) groups is 3. The lowest BCUT2D eigenvalue weighted by atomic mass is 10.1. The van der Waals surface area contributed by atoms with Crippen LogP contribution in [-0.4, -0.2) is 50.6 Å². The Hall–Kier alpha value is -0.830. The molecule has 0 spiro atoms. The topological polar surface area (TPSA) is 130 Å². The molecule has 0 aliphatic carbocycles. The molecule has 1 aliphatic heterocycles. The number of carboxylic acids is 2. The number of carbonyl (C=O) groups excluding carboxylic acids is 1. The highest BCUT2D eigenvalue weighted by Crippen LogP contribution is 2.32. The van der Waals surface area contributed by atoms with E-state index < -0.39 is 34.7 Å². The number of aliphatic carboxylic acids is 2. The Labute approximate surface area is 108 Å². The quantitative estimate of drug-likeness (QED) is 0.478. The molecule has 0 aromatic carbocycles. The molecule has 0 aromatic rings. The maximum atomic E-state index is 11.7. The lowest BCUT2D eigenvalue weighted by molar-refractivity contribution is -0.146. The highest BCUT2D eigenvalue weighted by Gasteiger charge is 2.54. The van der Waals surface area contributed by atoms with Crippen LogP contribution in [0, 0.1) is 0 Å². The summed E-state index contributed by atoms with van der Waals surface area (Å²) in [6.07, 6.45) is 0. The summed E-state index contributed by atoms with van der Waals surface area (Å²) in [5.41, 5.74) is 5.35. The highest BCUT2D eigenvalue weighted by molar-refractivity contribution is 8.02.